The fraction of sp³-hybridized carbons (Fsp3) is 0.250. The summed E-state index contributed by atoms with van der Waals surface area (Å²) in [5.74, 6) is -0.609. The van der Waals surface area contributed by atoms with E-state index in [0.29, 0.717) is 16.3 Å². The largest absolute Gasteiger partial charge is 0.465 e. The molecule has 3 rings (SSSR count). The second-order valence-electron chi connectivity index (χ2n) is 6.97. The van der Waals surface area contributed by atoms with Gasteiger partial charge in [-0.1, -0.05) is 44.2 Å². The fourth-order valence-electron chi connectivity index (χ4n) is 2.51. The van der Waals surface area contributed by atoms with Crippen LogP contribution in [0.15, 0.2) is 42.5 Å². The van der Waals surface area contributed by atoms with Crippen LogP contribution in [0, 0.1) is 0 Å². The molecule has 1 heterocycles. The third-order valence-electron chi connectivity index (χ3n) is 4.04. The van der Waals surface area contributed by atoms with Crippen molar-refractivity contribution in [2.45, 2.75) is 26.2 Å². The van der Waals surface area contributed by atoms with Gasteiger partial charge in [0.05, 0.1) is 22.9 Å². The van der Waals surface area contributed by atoms with Crippen LogP contribution in [-0.2, 0) is 10.2 Å². The van der Waals surface area contributed by atoms with Crippen LogP contribution in [0.2, 0.25) is 0 Å². The second-order valence-corrected chi connectivity index (χ2v) is 8.01. The molecule has 5 nitrogen and oxygen atoms in total. The van der Waals surface area contributed by atoms with E-state index in [1.54, 1.807) is 18.2 Å². The van der Waals surface area contributed by atoms with Gasteiger partial charge in [-0.3, -0.25) is 10.1 Å². The van der Waals surface area contributed by atoms with E-state index in [-0.39, 0.29) is 11.3 Å². The van der Waals surface area contributed by atoms with Crippen molar-refractivity contribution >= 4 is 38.6 Å². The minimum absolute atomic E-state index is 0.0411. The van der Waals surface area contributed by atoms with E-state index in [2.05, 4.69) is 31.1 Å². The highest BCUT2D eigenvalue weighted by atomic mass is 32.1. The van der Waals surface area contributed by atoms with Gasteiger partial charge in [-0.2, -0.15) is 0 Å². The Morgan fingerprint density at radius 2 is 1.69 bits per heavy atom. The molecular formula is C20H20N2O3S. The third-order valence-corrected chi connectivity index (χ3v) is 4.98. The number of rotatable bonds is 3. The summed E-state index contributed by atoms with van der Waals surface area (Å²) in [5, 5.41) is 3.31. The van der Waals surface area contributed by atoms with E-state index in [1.807, 2.05) is 24.3 Å². The molecule has 0 radical (unpaired) electrons. The average molecular weight is 368 g/mol. The first-order valence-corrected chi connectivity index (χ1v) is 9.00. The topological polar surface area (TPSA) is 68.3 Å². The molecule has 0 aliphatic rings. The van der Waals surface area contributed by atoms with Crippen LogP contribution >= 0.6 is 11.3 Å². The number of methoxy groups -OCH3 is 1. The Morgan fingerprint density at radius 1 is 1.04 bits per heavy atom. The second kappa shape index (κ2) is 6.88. The van der Waals surface area contributed by atoms with Crippen LogP contribution in [0.5, 0.6) is 0 Å². The van der Waals surface area contributed by atoms with E-state index in [0.717, 1.165) is 10.2 Å². The number of carbonyl (C=O) groups is 2. The molecule has 3 aromatic rings. The van der Waals surface area contributed by atoms with E-state index >= 15 is 0 Å². The maximum Gasteiger partial charge on any atom is 0.337 e. The Bertz CT molecular complexity index is 969. The number of thiazole rings is 1. The summed E-state index contributed by atoms with van der Waals surface area (Å²) in [6.07, 6.45) is 0. The SMILES string of the molecule is COC(=O)c1ccc2nc(NC(=O)c3ccc(C(C)(C)C)cc3)sc2c1. The number of nitrogens with one attached hydrogen (secondary N) is 1. The van der Waals surface area contributed by atoms with Crippen LogP contribution in [0.1, 0.15) is 47.1 Å². The standard InChI is InChI=1S/C20H20N2O3S/c1-20(2,3)14-8-5-12(6-9-14)17(23)22-19-21-15-10-7-13(18(24)25-4)11-16(15)26-19/h5-11H,1-4H3,(H,21,22,23). The first-order chi connectivity index (χ1) is 12.3. The van der Waals surface area contributed by atoms with Crippen molar-refractivity contribution in [3.63, 3.8) is 0 Å². The summed E-state index contributed by atoms with van der Waals surface area (Å²) in [7, 11) is 1.34. The molecule has 0 atom stereocenters. The smallest absolute Gasteiger partial charge is 0.337 e. The Kier molecular flexibility index (Phi) is 4.78. The molecule has 1 aromatic heterocycles. The van der Waals surface area contributed by atoms with Crippen LogP contribution in [0.3, 0.4) is 0 Å². The van der Waals surface area contributed by atoms with Gasteiger partial charge in [-0.05, 0) is 41.3 Å². The van der Waals surface area contributed by atoms with Gasteiger partial charge >= 0.3 is 5.97 Å². The molecule has 1 amide bonds. The molecule has 1 N–H and O–H groups in total. The van der Waals surface area contributed by atoms with Crippen LogP contribution < -0.4 is 5.32 Å². The minimum atomic E-state index is -0.398. The molecule has 26 heavy (non-hydrogen) atoms. The van der Waals surface area contributed by atoms with Crippen molar-refractivity contribution in [1.82, 2.24) is 4.98 Å². The quantitative estimate of drug-likeness (QED) is 0.684. The summed E-state index contributed by atoms with van der Waals surface area (Å²) in [5.41, 5.74) is 2.97. The third kappa shape index (κ3) is 3.75. The molecule has 134 valence electrons. The lowest BCUT2D eigenvalue weighted by molar-refractivity contribution is 0.0601. The molecule has 0 aliphatic heterocycles. The lowest BCUT2D eigenvalue weighted by atomic mass is 9.87. The van der Waals surface area contributed by atoms with Crippen molar-refractivity contribution in [1.29, 1.82) is 0 Å². The zero-order chi connectivity index (χ0) is 18.9. The van der Waals surface area contributed by atoms with Gasteiger partial charge in [0.1, 0.15) is 0 Å². The fourth-order valence-corrected chi connectivity index (χ4v) is 3.41. The molecular weight excluding hydrogens is 348 g/mol. The minimum Gasteiger partial charge on any atom is -0.465 e. The number of anilines is 1. The zero-order valence-corrected chi connectivity index (χ0v) is 15.9. The Labute approximate surface area is 156 Å². The number of hydrogen-bond acceptors (Lipinski definition) is 5. The first kappa shape index (κ1) is 18.1. The Balaban J connectivity index is 1.79. The number of fused-ring (bicyclic) bond motifs is 1. The van der Waals surface area contributed by atoms with Crippen LogP contribution in [0.4, 0.5) is 5.13 Å². The van der Waals surface area contributed by atoms with Gasteiger partial charge in [0.15, 0.2) is 5.13 Å². The van der Waals surface area contributed by atoms with Gasteiger partial charge in [0.2, 0.25) is 0 Å². The molecule has 0 unspecified atom stereocenters. The van der Waals surface area contributed by atoms with Gasteiger partial charge in [-0.15, -0.1) is 0 Å². The van der Waals surface area contributed by atoms with Crippen molar-refractivity contribution in [2.75, 3.05) is 12.4 Å². The van der Waals surface area contributed by atoms with E-state index in [4.69, 9.17) is 4.74 Å². The summed E-state index contributed by atoms with van der Waals surface area (Å²) < 4.78 is 5.53. The number of ether oxygens (including phenoxy) is 1. The van der Waals surface area contributed by atoms with Crippen LogP contribution in [0.25, 0.3) is 10.2 Å². The Hall–Kier alpha value is -2.73. The summed E-state index contributed by atoms with van der Waals surface area (Å²) >= 11 is 1.32. The lowest BCUT2D eigenvalue weighted by Crippen LogP contribution is -2.14. The number of amides is 1. The summed E-state index contributed by atoms with van der Waals surface area (Å²) in [4.78, 5) is 28.5. The molecule has 0 spiro atoms. The first-order valence-electron chi connectivity index (χ1n) is 8.19. The summed E-state index contributed by atoms with van der Waals surface area (Å²) in [6.45, 7) is 6.39. The highest BCUT2D eigenvalue weighted by Crippen LogP contribution is 2.28. The Morgan fingerprint density at radius 3 is 2.31 bits per heavy atom. The van der Waals surface area contributed by atoms with Crippen molar-refractivity contribution in [3.8, 4) is 0 Å². The number of aromatic nitrogens is 1. The molecule has 6 heteroatoms. The average Bonchev–Trinajstić information content (AvgIpc) is 3.01. The number of esters is 1. The molecule has 0 saturated heterocycles. The molecule has 0 fully saturated rings. The van der Waals surface area contributed by atoms with Gasteiger partial charge < -0.3 is 4.74 Å². The molecule has 0 saturated carbocycles. The predicted molar refractivity (Wildman–Crippen MR) is 104 cm³/mol. The van der Waals surface area contributed by atoms with Crippen molar-refractivity contribution in [2.24, 2.45) is 0 Å². The molecule has 2 aromatic carbocycles. The maximum absolute atomic E-state index is 12.5. The lowest BCUT2D eigenvalue weighted by Gasteiger charge is -2.18. The maximum atomic E-state index is 12.5. The van der Waals surface area contributed by atoms with Gasteiger partial charge in [0, 0.05) is 5.56 Å². The predicted octanol–water partition coefficient (Wildman–Crippen LogP) is 4.63. The summed E-state index contributed by atoms with van der Waals surface area (Å²) in [6, 6.07) is 12.7. The van der Waals surface area contributed by atoms with Crippen LogP contribution in [-0.4, -0.2) is 24.0 Å². The highest BCUT2D eigenvalue weighted by Gasteiger charge is 2.15. The zero-order valence-electron chi connectivity index (χ0n) is 15.1. The number of hydrogen-bond donors (Lipinski definition) is 1. The van der Waals surface area contributed by atoms with Crippen molar-refractivity contribution < 1.29 is 14.3 Å². The molecule has 0 aliphatic carbocycles. The normalized spacial score (nSPS) is 11.4. The highest BCUT2D eigenvalue weighted by molar-refractivity contribution is 7.22. The van der Waals surface area contributed by atoms with E-state index < -0.39 is 5.97 Å². The van der Waals surface area contributed by atoms with Gasteiger partial charge in [0.25, 0.3) is 5.91 Å². The van der Waals surface area contributed by atoms with Crippen molar-refractivity contribution in [3.05, 3.63) is 59.2 Å². The van der Waals surface area contributed by atoms with E-state index in [1.165, 1.54) is 24.0 Å². The molecule has 0 bridgehead atoms. The number of benzene rings is 2. The van der Waals surface area contributed by atoms with Gasteiger partial charge in [-0.25, -0.2) is 9.78 Å². The number of nitrogens with zero attached hydrogens (tertiary/aromatic N) is 1. The monoisotopic (exact) mass is 368 g/mol. The van der Waals surface area contributed by atoms with E-state index in [9.17, 15) is 9.59 Å². The number of carbonyl (C=O) groups excluding carboxylic acids is 2.